The first-order valence-corrected chi connectivity index (χ1v) is 10.4. The van der Waals surface area contributed by atoms with Crippen molar-refractivity contribution in [2.24, 2.45) is 0 Å². The van der Waals surface area contributed by atoms with E-state index < -0.39 is 8.32 Å². The third-order valence-electron chi connectivity index (χ3n) is 4.54. The number of benzene rings is 2. The van der Waals surface area contributed by atoms with Crippen LogP contribution in [0.1, 0.15) is 20.8 Å². The van der Waals surface area contributed by atoms with Crippen LogP contribution in [-0.4, -0.2) is 34.4 Å². The van der Waals surface area contributed by atoms with E-state index in [9.17, 15) is 0 Å². The first-order valence-electron chi connectivity index (χ1n) is 8.52. The van der Waals surface area contributed by atoms with E-state index in [1.807, 2.05) is 0 Å². The van der Waals surface area contributed by atoms with Crippen molar-refractivity contribution >= 4 is 18.7 Å². The van der Waals surface area contributed by atoms with Gasteiger partial charge in [-0.15, -0.1) is 0 Å². The Bertz CT molecular complexity index is 591. The molecule has 0 unspecified atom stereocenters. The highest BCUT2D eigenvalue weighted by Crippen LogP contribution is 2.36. The predicted octanol–water partition coefficient (Wildman–Crippen LogP) is 2.94. The quantitative estimate of drug-likeness (QED) is 0.782. The van der Waals surface area contributed by atoms with Gasteiger partial charge in [0.05, 0.1) is 19.8 Å². The summed E-state index contributed by atoms with van der Waals surface area (Å²) in [6.45, 7) is 8.58. The Morgan fingerprint density at radius 2 is 1.33 bits per heavy atom. The minimum atomic E-state index is -2.48. The van der Waals surface area contributed by atoms with Crippen LogP contribution in [-0.2, 0) is 13.9 Å². The maximum absolute atomic E-state index is 6.74. The minimum Gasteiger partial charge on any atom is -0.402 e. The summed E-state index contributed by atoms with van der Waals surface area (Å²) >= 11 is 0. The van der Waals surface area contributed by atoms with Crippen LogP contribution >= 0.6 is 0 Å². The van der Waals surface area contributed by atoms with E-state index in [0.717, 1.165) is 0 Å². The molecule has 0 N–H and O–H groups in total. The third-order valence-corrected chi connectivity index (χ3v) is 9.55. The lowest BCUT2D eigenvalue weighted by Crippen LogP contribution is -2.67. The zero-order chi connectivity index (χ0) is 17.0. The Labute approximate surface area is 145 Å². The molecule has 0 amide bonds. The molecule has 1 saturated heterocycles. The normalized spacial score (nSPS) is 16.5. The van der Waals surface area contributed by atoms with Gasteiger partial charge in [0.25, 0.3) is 8.32 Å². The van der Waals surface area contributed by atoms with Crippen molar-refractivity contribution in [2.45, 2.75) is 32.1 Å². The summed E-state index contributed by atoms with van der Waals surface area (Å²) < 4.78 is 18.0. The van der Waals surface area contributed by atoms with E-state index in [1.165, 1.54) is 10.4 Å². The van der Waals surface area contributed by atoms with Crippen molar-refractivity contribution in [1.82, 2.24) is 0 Å². The third kappa shape index (κ3) is 3.33. The lowest BCUT2D eigenvalue weighted by molar-refractivity contribution is -0.0705. The van der Waals surface area contributed by atoms with E-state index in [2.05, 4.69) is 81.4 Å². The Hall–Kier alpha value is -1.46. The molecule has 0 spiro atoms. The van der Waals surface area contributed by atoms with Crippen molar-refractivity contribution in [2.75, 3.05) is 19.8 Å². The van der Waals surface area contributed by atoms with Crippen LogP contribution < -0.4 is 10.4 Å². The molecule has 128 valence electrons. The van der Waals surface area contributed by atoms with E-state index in [-0.39, 0.29) is 11.3 Å². The van der Waals surface area contributed by atoms with E-state index in [4.69, 9.17) is 13.9 Å². The molecular formula is C20H26O3Si. The van der Waals surface area contributed by atoms with Gasteiger partial charge in [-0.25, -0.2) is 0 Å². The second-order valence-corrected chi connectivity index (χ2v) is 11.5. The molecular weight excluding hydrogens is 316 g/mol. The molecule has 2 aromatic rings. The molecule has 1 fully saturated rings. The predicted molar refractivity (Wildman–Crippen MR) is 99.3 cm³/mol. The highest BCUT2D eigenvalue weighted by atomic mass is 28.4. The molecule has 0 radical (unpaired) electrons. The van der Waals surface area contributed by atoms with Gasteiger partial charge in [0, 0.05) is 0 Å². The maximum atomic E-state index is 6.74. The molecule has 0 atom stereocenters. The first kappa shape index (κ1) is 17.4. The van der Waals surface area contributed by atoms with Gasteiger partial charge in [-0.1, -0.05) is 81.4 Å². The average Bonchev–Trinajstić information content (AvgIpc) is 3.10. The Morgan fingerprint density at radius 1 is 0.875 bits per heavy atom. The summed E-state index contributed by atoms with van der Waals surface area (Å²) in [5, 5.41) is 2.54. The monoisotopic (exact) mass is 342 g/mol. The van der Waals surface area contributed by atoms with Crippen molar-refractivity contribution < 1.29 is 13.9 Å². The molecule has 3 rings (SSSR count). The summed E-state index contributed by atoms with van der Waals surface area (Å²) in [5.41, 5.74) is 0. The summed E-state index contributed by atoms with van der Waals surface area (Å²) in [5.74, 6) is 0. The summed E-state index contributed by atoms with van der Waals surface area (Å²) in [7, 11) is -2.48. The fraction of sp³-hybridized carbons (Fsp3) is 0.400. The maximum Gasteiger partial charge on any atom is 0.261 e. The molecule has 4 heteroatoms. The number of hydrogen-bond donors (Lipinski definition) is 0. The zero-order valence-corrected chi connectivity index (χ0v) is 15.7. The van der Waals surface area contributed by atoms with Gasteiger partial charge in [-0.2, -0.15) is 0 Å². The van der Waals surface area contributed by atoms with Gasteiger partial charge < -0.3 is 13.9 Å². The van der Waals surface area contributed by atoms with Gasteiger partial charge in [0.2, 0.25) is 0 Å². The molecule has 1 heterocycles. The molecule has 0 aromatic heterocycles. The van der Waals surface area contributed by atoms with Gasteiger partial charge in [-0.05, 0) is 15.4 Å². The second kappa shape index (κ2) is 7.19. The second-order valence-electron chi connectivity index (χ2n) is 7.15. The lowest BCUT2D eigenvalue weighted by Gasteiger charge is -2.43. The molecule has 3 nitrogen and oxygen atoms in total. The van der Waals surface area contributed by atoms with E-state index in [1.54, 1.807) is 0 Å². The van der Waals surface area contributed by atoms with Gasteiger partial charge in [0.15, 0.2) is 6.29 Å². The van der Waals surface area contributed by atoms with Crippen LogP contribution in [0.5, 0.6) is 0 Å². The molecule has 0 aliphatic carbocycles. The van der Waals surface area contributed by atoms with E-state index in [0.29, 0.717) is 19.8 Å². The number of ether oxygens (including phenoxy) is 2. The summed E-state index contributed by atoms with van der Waals surface area (Å²) in [6, 6.07) is 21.3. The summed E-state index contributed by atoms with van der Waals surface area (Å²) in [4.78, 5) is 0. The fourth-order valence-electron chi connectivity index (χ4n) is 3.46. The van der Waals surface area contributed by atoms with Crippen molar-refractivity contribution in [3.05, 3.63) is 60.7 Å². The van der Waals surface area contributed by atoms with Crippen LogP contribution in [0.15, 0.2) is 60.7 Å². The van der Waals surface area contributed by atoms with Gasteiger partial charge >= 0.3 is 0 Å². The number of rotatable bonds is 5. The molecule has 1 aliphatic heterocycles. The molecule has 2 aromatic carbocycles. The molecule has 0 bridgehead atoms. The van der Waals surface area contributed by atoms with Crippen LogP contribution in [0.3, 0.4) is 0 Å². The Morgan fingerprint density at radius 3 is 1.75 bits per heavy atom. The smallest absolute Gasteiger partial charge is 0.261 e. The van der Waals surface area contributed by atoms with Crippen LogP contribution in [0.2, 0.25) is 5.04 Å². The fourth-order valence-corrected chi connectivity index (χ4v) is 8.00. The molecule has 1 aliphatic rings. The average molecular weight is 343 g/mol. The first-order chi connectivity index (χ1) is 11.5. The topological polar surface area (TPSA) is 27.7 Å². The molecule has 0 saturated carbocycles. The Kier molecular flexibility index (Phi) is 5.20. The van der Waals surface area contributed by atoms with Crippen molar-refractivity contribution in [3.63, 3.8) is 0 Å². The largest absolute Gasteiger partial charge is 0.402 e. The Balaban J connectivity index is 2.06. The van der Waals surface area contributed by atoms with Crippen molar-refractivity contribution in [3.8, 4) is 0 Å². The van der Waals surface area contributed by atoms with Crippen molar-refractivity contribution in [1.29, 1.82) is 0 Å². The number of hydrogen-bond acceptors (Lipinski definition) is 3. The highest BCUT2D eigenvalue weighted by Gasteiger charge is 2.50. The minimum absolute atomic E-state index is 0.0195. The standard InChI is InChI=1S/C20H26O3Si/c1-20(2,3)24(17-10-6-4-7-11-17,18-12-8-5-9-13-18)23-16-19-21-14-15-22-19/h4-13,19H,14-16H2,1-3H3. The summed E-state index contributed by atoms with van der Waals surface area (Å²) in [6.07, 6.45) is -0.258. The van der Waals surface area contributed by atoms with Crippen LogP contribution in [0, 0.1) is 0 Å². The molecule has 24 heavy (non-hydrogen) atoms. The van der Waals surface area contributed by atoms with E-state index >= 15 is 0 Å². The van der Waals surface area contributed by atoms with Crippen LogP contribution in [0.4, 0.5) is 0 Å². The van der Waals surface area contributed by atoms with Crippen LogP contribution in [0.25, 0.3) is 0 Å². The SMILES string of the molecule is CC(C)(C)[Si](OCC1OCCO1)(c1ccccc1)c1ccccc1. The van der Waals surface area contributed by atoms with Gasteiger partial charge in [0.1, 0.15) is 0 Å². The highest BCUT2D eigenvalue weighted by molar-refractivity contribution is 6.99. The zero-order valence-electron chi connectivity index (χ0n) is 14.7. The lowest BCUT2D eigenvalue weighted by atomic mass is 10.2. The van der Waals surface area contributed by atoms with Gasteiger partial charge in [-0.3, -0.25) is 0 Å².